The summed E-state index contributed by atoms with van der Waals surface area (Å²) in [7, 11) is 3.26. The molecule has 0 saturated carbocycles. The average Bonchev–Trinajstić information content (AvgIpc) is 2.43. The molecule has 0 aliphatic heterocycles. The number of benzene rings is 1. The van der Waals surface area contributed by atoms with Gasteiger partial charge in [0, 0.05) is 11.6 Å². The van der Waals surface area contributed by atoms with E-state index >= 15 is 0 Å². The SMILES string of the molecule is COc1cc2ccnc(COC(C)C)c2cc1OC. The lowest BCUT2D eigenvalue weighted by Crippen LogP contribution is -2.04. The van der Waals surface area contributed by atoms with Crippen LogP contribution in [0.4, 0.5) is 0 Å². The third-order valence-electron chi connectivity index (χ3n) is 2.90. The van der Waals surface area contributed by atoms with E-state index in [1.54, 1.807) is 20.4 Å². The smallest absolute Gasteiger partial charge is 0.161 e. The molecule has 1 aromatic carbocycles. The maximum absolute atomic E-state index is 5.63. The summed E-state index contributed by atoms with van der Waals surface area (Å²) in [6, 6.07) is 5.85. The first-order chi connectivity index (χ1) is 9.15. The second-order valence-electron chi connectivity index (χ2n) is 4.55. The standard InChI is InChI=1S/C15H19NO3/c1-10(2)19-9-13-12-8-15(18-4)14(17-3)7-11(12)5-6-16-13/h5-8,10H,9H2,1-4H3. The molecule has 0 bridgehead atoms. The molecule has 0 aliphatic carbocycles. The van der Waals surface area contributed by atoms with Gasteiger partial charge in [0.2, 0.25) is 0 Å². The highest BCUT2D eigenvalue weighted by atomic mass is 16.5. The molecule has 0 atom stereocenters. The lowest BCUT2D eigenvalue weighted by atomic mass is 10.1. The fourth-order valence-corrected chi connectivity index (χ4v) is 1.92. The maximum atomic E-state index is 5.63. The first-order valence-corrected chi connectivity index (χ1v) is 6.27. The zero-order valence-electron chi connectivity index (χ0n) is 11.8. The van der Waals surface area contributed by atoms with Gasteiger partial charge in [0.05, 0.1) is 32.6 Å². The molecule has 2 rings (SSSR count). The van der Waals surface area contributed by atoms with E-state index in [4.69, 9.17) is 14.2 Å². The highest BCUT2D eigenvalue weighted by Crippen LogP contribution is 2.33. The van der Waals surface area contributed by atoms with Gasteiger partial charge < -0.3 is 14.2 Å². The minimum Gasteiger partial charge on any atom is -0.493 e. The van der Waals surface area contributed by atoms with Crippen molar-refractivity contribution in [2.24, 2.45) is 0 Å². The van der Waals surface area contributed by atoms with E-state index < -0.39 is 0 Å². The molecule has 4 heteroatoms. The van der Waals surface area contributed by atoms with E-state index in [1.807, 2.05) is 32.0 Å². The van der Waals surface area contributed by atoms with Crippen LogP contribution >= 0.6 is 0 Å². The molecule has 0 aliphatic rings. The second kappa shape index (κ2) is 5.89. The lowest BCUT2D eigenvalue weighted by molar-refractivity contribution is 0.0644. The molecule has 1 heterocycles. The largest absolute Gasteiger partial charge is 0.493 e. The van der Waals surface area contributed by atoms with Gasteiger partial charge >= 0.3 is 0 Å². The Morgan fingerprint density at radius 1 is 1.11 bits per heavy atom. The Hall–Kier alpha value is -1.81. The summed E-state index contributed by atoms with van der Waals surface area (Å²) < 4.78 is 16.3. The molecule has 102 valence electrons. The number of hydrogen-bond donors (Lipinski definition) is 0. The van der Waals surface area contributed by atoms with Crippen molar-refractivity contribution >= 4 is 10.8 Å². The van der Waals surface area contributed by atoms with Gasteiger partial charge in [0.1, 0.15) is 0 Å². The molecule has 4 nitrogen and oxygen atoms in total. The van der Waals surface area contributed by atoms with Crippen molar-refractivity contribution in [2.75, 3.05) is 14.2 Å². The number of methoxy groups -OCH3 is 2. The summed E-state index contributed by atoms with van der Waals surface area (Å²) in [5.41, 5.74) is 0.909. The molecule has 0 amide bonds. The van der Waals surface area contributed by atoms with E-state index in [9.17, 15) is 0 Å². The Bertz CT molecular complexity index is 567. The molecule has 19 heavy (non-hydrogen) atoms. The molecule has 1 aromatic heterocycles. The van der Waals surface area contributed by atoms with Crippen LogP contribution in [0.5, 0.6) is 11.5 Å². The highest BCUT2D eigenvalue weighted by molar-refractivity contribution is 5.87. The van der Waals surface area contributed by atoms with E-state index in [1.165, 1.54) is 0 Å². The minimum atomic E-state index is 0.178. The van der Waals surface area contributed by atoms with E-state index in [2.05, 4.69) is 4.98 Å². The number of aromatic nitrogens is 1. The fraction of sp³-hybridized carbons (Fsp3) is 0.400. The van der Waals surface area contributed by atoms with Crippen molar-refractivity contribution in [3.63, 3.8) is 0 Å². The Kier molecular flexibility index (Phi) is 4.22. The van der Waals surface area contributed by atoms with Crippen LogP contribution in [0.25, 0.3) is 10.8 Å². The van der Waals surface area contributed by atoms with Crippen molar-refractivity contribution in [2.45, 2.75) is 26.6 Å². The average molecular weight is 261 g/mol. The topological polar surface area (TPSA) is 40.6 Å². The third-order valence-corrected chi connectivity index (χ3v) is 2.90. The van der Waals surface area contributed by atoms with Gasteiger partial charge in [0.15, 0.2) is 11.5 Å². The predicted molar refractivity (Wildman–Crippen MR) is 74.8 cm³/mol. The number of hydrogen-bond acceptors (Lipinski definition) is 4. The van der Waals surface area contributed by atoms with Crippen LogP contribution in [-0.2, 0) is 11.3 Å². The number of fused-ring (bicyclic) bond motifs is 1. The molecule has 2 aromatic rings. The molecular weight excluding hydrogens is 242 g/mol. The van der Waals surface area contributed by atoms with Crippen LogP contribution in [0.3, 0.4) is 0 Å². The van der Waals surface area contributed by atoms with Crippen LogP contribution in [-0.4, -0.2) is 25.3 Å². The van der Waals surface area contributed by atoms with Gasteiger partial charge in [-0.15, -0.1) is 0 Å². The molecule has 0 N–H and O–H groups in total. The third kappa shape index (κ3) is 2.96. The molecule has 0 radical (unpaired) electrons. The summed E-state index contributed by atoms with van der Waals surface area (Å²) in [4.78, 5) is 4.39. The van der Waals surface area contributed by atoms with Crippen LogP contribution in [0.2, 0.25) is 0 Å². The van der Waals surface area contributed by atoms with Crippen molar-refractivity contribution in [3.8, 4) is 11.5 Å². The van der Waals surface area contributed by atoms with Crippen molar-refractivity contribution < 1.29 is 14.2 Å². The number of ether oxygens (including phenoxy) is 3. The Morgan fingerprint density at radius 3 is 2.42 bits per heavy atom. The van der Waals surface area contributed by atoms with E-state index in [-0.39, 0.29) is 6.10 Å². The monoisotopic (exact) mass is 261 g/mol. The Balaban J connectivity index is 2.48. The lowest BCUT2D eigenvalue weighted by Gasteiger charge is -2.12. The highest BCUT2D eigenvalue weighted by Gasteiger charge is 2.10. The van der Waals surface area contributed by atoms with Crippen molar-refractivity contribution in [1.82, 2.24) is 4.98 Å². The zero-order chi connectivity index (χ0) is 13.8. The Morgan fingerprint density at radius 2 is 1.79 bits per heavy atom. The van der Waals surface area contributed by atoms with Crippen LogP contribution in [0, 0.1) is 0 Å². The molecule has 0 fully saturated rings. The second-order valence-corrected chi connectivity index (χ2v) is 4.55. The zero-order valence-corrected chi connectivity index (χ0v) is 11.8. The van der Waals surface area contributed by atoms with Crippen LogP contribution in [0.15, 0.2) is 24.4 Å². The first kappa shape index (κ1) is 13.6. The van der Waals surface area contributed by atoms with E-state index in [0.29, 0.717) is 12.4 Å². The maximum Gasteiger partial charge on any atom is 0.161 e. The number of pyridine rings is 1. The number of nitrogens with zero attached hydrogens (tertiary/aromatic N) is 1. The van der Waals surface area contributed by atoms with Crippen molar-refractivity contribution in [1.29, 1.82) is 0 Å². The molecular formula is C15H19NO3. The summed E-state index contributed by atoms with van der Waals surface area (Å²) in [6.45, 7) is 4.51. The van der Waals surface area contributed by atoms with Gasteiger partial charge in [-0.05, 0) is 37.4 Å². The predicted octanol–water partition coefficient (Wildman–Crippen LogP) is 3.18. The van der Waals surface area contributed by atoms with Gasteiger partial charge in [-0.25, -0.2) is 0 Å². The number of rotatable bonds is 5. The van der Waals surface area contributed by atoms with Gasteiger partial charge in [-0.2, -0.15) is 0 Å². The van der Waals surface area contributed by atoms with Crippen LogP contribution < -0.4 is 9.47 Å². The Labute approximate surface area is 113 Å². The summed E-state index contributed by atoms with van der Waals surface area (Å²) in [6.07, 6.45) is 1.96. The minimum absolute atomic E-state index is 0.178. The summed E-state index contributed by atoms with van der Waals surface area (Å²) in [5, 5.41) is 2.09. The molecule has 0 saturated heterocycles. The normalized spacial score (nSPS) is 11.0. The van der Waals surface area contributed by atoms with Crippen LogP contribution in [0.1, 0.15) is 19.5 Å². The summed E-state index contributed by atoms with van der Waals surface area (Å²) in [5.74, 6) is 1.42. The van der Waals surface area contributed by atoms with E-state index in [0.717, 1.165) is 22.2 Å². The van der Waals surface area contributed by atoms with Gasteiger partial charge in [-0.1, -0.05) is 0 Å². The van der Waals surface area contributed by atoms with Crippen molar-refractivity contribution in [3.05, 3.63) is 30.1 Å². The van der Waals surface area contributed by atoms with Gasteiger partial charge in [-0.3, -0.25) is 4.98 Å². The quantitative estimate of drug-likeness (QED) is 0.829. The van der Waals surface area contributed by atoms with Gasteiger partial charge in [0.25, 0.3) is 0 Å². The fourth-order valence-electron chi connectivity index (χ4n) is 1.92. The molecule has 0 unspecified atom stereocenters. The summed E-state index contributed by atoms with van der Waals surface area (Å²) >= 11 is 0. The molecule has 0 spiro atoms. The first-order valence-electron chi connectivity index (χ1n) is 6.27.